The molecule has 1 fully saturated rings. The lowest BCUT2D eigenvalue weighted by atomic mass is 10.1. The van der Waals surface area contributed by atoms with E-state index in [9.17, 15) is 4.79 Å². The Bertz CT molecular complexity index is 514. The molecule has 6 heteroatoms. The second-order valence-electron chi connectivity index (χ2n) is 5.34. The zero-order chi connectivity index (χ0) is 15.1. The van der Waals surface area contributed by atoms with Gasteiger partial charge in [-0.05, 0) is 43.0 Å². The smallest absolute Gasteiger partial charge is 0.343 e. The van der Waals surface area contributed by atoms with Crippen molar-refractivity contribution < 1.29 is 9.63 Å². The maximum Gasteiger partial charge on any atom is 0.343 e. The number of hydrogen-bond acceptors (Lipinski definition) is 2. The van der Waals surface area contributed by atoms with E-state index >= 15 is 0 Å². The van der Waals surface area contributed by atoms with Gasteiger partial charge in [-0.3, -0.25) is 4.84 Å². The molecule has 1 aliphatic carbocycles. The van der Waals surface area contributed by atoms with Crippen LogP contribution in [0.25, 0.3) is 0 Å². The van der Waals surface area contributed by atoms with Crippen LogP contribution in [0, 0.1) is 25.7 Å². The summed E-state index contributed by atoms with van der Waals surface area (Å²) < 4.78 is -0.772. The standard InChI is InChI=1S/C14H18Cl2N2O2/c1-8-4-9(2)6-11(5-8)18(13(17)19)20-7-12-10(3)14(12,15)16/h4-6,10,12H,7H2,1-3H3,(H2,17,19). The van der Waals surface area contributed by atoms with Crippen LogP contribution in [-0.4, -0.2) is 17.0 Å². The van der Waals surface area contributed by atoms with E-state index in [-0.39, 0.29) is 18.4 Å². The first-order valence-corrected chi connectivity index (χ1v) is 7.17. The van der Waals surface area contributed by atoms with E-state index in [1.807, 2.05) is 39.0 Å². The van der Waals surface area contributed by atoms with Gasteiger partial charge in [0.05, 0.1) is 12.3 Å². The number of rotatable bonds is 4. The van der Waals surface area contributed by atoms with Crippen molar-refractivity contribution >= 4 is 34.9 Å². The fraction of sp³-hybridized carbons (Fsp3) is 0.500. The average molecular weight is 317 g/mol. The maximum atomic E-state index is 11.6. The number of hydrogen-bond donors (Lipinski definition) is 1. The zero-order valence-corrected chi connectivity index (χ0v) is 13.2. The lowest BCUT2D eigenvalue weighted by Crippen LogP contribution is -2.36. The van der Waals surface area contributed by atoms with Crippen molar-refractivity contribution in [3.8, 4) is 0 Å². The van der Waals surface area contributed by atoms with Gasteiger partial charge in [0.15, 0.2) is 0 Å². The molecule has 4 nitrogen and oxygen atoms in total. The van der Waals surface area contributed by atoms with Gasteiger partial charge in [-0.25, -0.2) is 4.79 Å². The Hall–Kier alpha value is -0.970. The number of carbonyl (C=O) groups excluding carboxylic acids is 1. The first kappa shape index (κ1) is 15.4. The summed E-state index contributed by atoms with van der Waals surface area (Å²) in [4.78, 5) is 17.1. The van der Waals surface area contributed by atoms with Gasteiger partial charge in [0.2, 0.25) is 0 Å². The van der Waals surface area contributed by atoms with Crippen LogP contribution in [-0.2, 0) is 4.84 Å². The molecule has 1 saturated carbocycles. The first-order chi connectivity index (χ1) is 9.23. The van der Waals surface area contributed by atoms with E-state index in [4.69, 9.17) is 33.8 Å². The van der Waals surface area contributed by atoms with E-state index in [2.05, 4.69) is 0 Å². The third-order valence-electron chi connectivity index (χ3n) is 3.62. The minimum absolute atomic E-state index is 0.00131. The Balaban J connectivity index is 2.10. The second-order valence-corrected chi connectivity index (χ2v) is 6.79. The Kier molecular flexibility index (Phi) is 4.19. The number of carbonyl (C=O) groups is 1. The van der Waals surface area contributed by atoms with E-state index in [1.165, 1.54) is 0 Å². The highest BCUT2D eigenvalue weighted by Gasteiger charge is 2.60. The van der Waals surface area contributed by atoms with Gasteiger partial charge >= 0.3 is 6.03 Å². The fourth-order valence-corrected chi connectivity index (χ4v) is 2.99. The Morgan fingerprint density at radius 1 is 1.35 bits per heavy atom. The molecule has 0 saturated heterocycles. The topological polar surface area (TPSA) is 55.6 Å². The Morgan fingerprint density at radius 2 is 1.85 bits per heavy atom. The molecular weight excluding hydrogens is 299 g/mol. The minimum atomic E-state index is -0.772. The molecule has 110 valence electrons. The van der Waals surface area contributed by atoms with Crippen LogP contribution in [0.3, 0.4) is 0 Å². The lowest BCUT2D eigenvalue weighted by molar-refractivity contribution is 0.109. The first-order valence-electron chi connectivity index (χ1n) is 6.42. The summed E-state index contributed by atoms with van der Waals surface area (Å²) in [5.41, 5.74) is 8.04. The minimum Gasteiger partial charge on any atom is -0.349 e. The zero-order valence-electron chi connectivity index (χ0n) is 11.7. The molecule has 2 atom stereocenters. The van der Waals surface area contributed by atoms with Gasteiger partial charge in [-0.2, -0.15) is 5.06 Å². The van der Waals surface area contributed by atoms with Crippen LogP contribution in [0.2, 0.25) is 0 Å². The van der Waals surface area contributed by atoms with Crippen molar-refractivity contribution in [3.05, 3.63) is 29.3 Å². The highest BCUT2D eigenvalue weighted by molar-refractivity contribution is 6.51. The van der Waals surface area contributed by atoms with E-state index < -0.39 is 10.4 Å². The molecule has 0 heterocycles. The van der Waals surface area contributed by atoms with Crippen LogP contribution >= 0.6 is 23.2 Å². The second kappa shape index (κ2) is 5.43. The van der Waals surface area contributed by atoms with Gasteiger partial charge in [0.1, 0.15) is 4.33 Å². The van der Waals surface area contributed by atoms with Crippen LogP contribution in [0.5, 0.6) is 0 Å². The number of anilines is 1. The molecule has 2 N–H and O–H groups in total. The Morgan fingerprint density at radius 3 is 2.25 bits per heavy atom. The molecule has 0 aliphatic heterocycles. The molecule has 0 spiro atoms. The predicted octanol–water partition coefficient (Wildman–Crippen LogP) is 3.56. The maximum absolute atomic E-state index is 11.6. The van der Waals surface area contributed by atoms with Gasteiger partial charge in [-0.1, -0.05) is 13.0 Å². The monoisotopic (exact) mass is 316 g/mol. The van der Waals surface area contributed by atoms with E-state index in [1.54, 1.807) is 0 Å². The van der Waals surface area contributed by atoms with Crippen molar-refractivity contribution in [1.82, 2.24) is 0 Å². The summed E-state index contributed by atoms with van der Waals surface area (Å²) in [5, 5.41) is 1.09. The molecule has 1 aromatic carbocycles. The SMILES string of the molecule is Cc1cc(C)cc(N(OCC2C(C)C2(Cl)Cl)C(N)=O)c1. The molecule has 2 unspecified atom stereocenters. The number of aryl methyl sites for hydroxylation is 2. The number of nitrogens with zero attached hydrogens (tertiary/aromatic N) is 1. The largest absolute Gasteiger partial charge is 0.349 e. The summed E-state index contributed by atoms with van der Waals surface area (Å²) >= 11 is 12.1. The number of alkyl halides is 2. The number of urea groups is 1. The van der Waals surface area contributed by atoms with Crippen molar-refractivity contribution in [1.29, 1.82) is 0 Å². The summed E-state index contributed by atoms with van der Waals surface area (Å²) in [7, 11) is 0. The van der Waals surface area contributed by atoms with Crippen molar-refractivity contribution in [2.24, 2.45) is 17.6 Å². The molecule has 0 aromatic heterocycles. The molecule has 2 amide bonds. The quantitative estimate of drug-likeness (QED) is 0.682. The lowest BCUT2D eigenvalue weighted by Gasteiger charge is -2.20. The highest BCUT2D eigenvalue weighted by Crippen LogP contribution is 2.58. The van der Waals surface area contributed by atoms with Crippen LogP contribution in [0.4, 0.5) is 10.5 Å². The average Bonchev–Trinajstić information content (AvgIpc) is 2.77. The molecule has 2 rings (SSSR count). The normalized spacial score (nSPS) is 23.4. The van der Waals surface area contributed by atoms with Crippen LogP contribution in [0.15, 0.2) is 18.2 Å². The van der Waals surface area contributed by atoms with Gasteiger partial charge in [0.25, 0.3) is 0 Å². The number of benzene rings is 1. The number of halogens is 2. The van der Waals surface area contributed by atoms with Gasteiger partial charge < -0.3 is 5.73 Å². The van der Waals surface area contributed by atoms with Crippen molar-refractivity contribution in [3.63, 3.8) is 0 Å². The Labute approximate surface area is 128 Å². The fourth-order valence-electron chi connectivity index (χ4n) is 2.30. The molecule has 0 radical (unpaired) electrons. The number of nitrogens with two attached hydrogens (primary N) is 1. The molecule has 1 aliphatic rings. The summed E-state index contributed by atoms with van der Waals surface area (Å²) in [6.45, 7) is 6.09. The third-order valence-corrected chi connectivity index (χ3v) is 4.87. The van der Waals surface area contributed by atoms with Crippen molar-refractivity contribution in [2.45, 2.75) is 25.1 Å². The van der Waals surface area contributed by atoms with Crippen molar-refractivity contribution in [2.75, 3.05) is 11.7 Å². The number of hydroxylamine groups is 1. The molecule has 0 bridgehead atoms. The molecule has 20 heavy (non-hydrogen) atoms. The third kappa shape index (κ3) is 3.03. The number of primary amides is 1. The predicted molar refractivity (Wildman–Crippen MR) is 81.0 cm³/mol. The summed E-state index contributed by atoms with van der Waals surface area (Å²) in [6, 6.07) is 5.01. The number of amides is 2. The summed E-state index contributed by atoms with van der Waals surface area (Å²) in [5.74, 6) is 0.137. The summed E-state index contributed by atoms with van der Waals surface area (Å²) in [6.07, 6.45) is 0. The molecular formula is C14H18Cl2N2O2. The van der Waals surface area contributed by atoms with E-state index in [0.717, 1.165) is 16.2 Å². The van der Waals surface area contributed by atoms with Gasteiger partial charge in [-0.15, -0.1) is 23.2 Å². The van der Waals surface area contributed by atoms with E-state index in [0.29, 0.717) is 5.69 Å². The van der Waals surface area contributed by atoms with Crippen LogP contribution < -0.4 is 10.8 Å². The van der Waals surface area contributed by atoms with Crippen LogP contribution in [0.1, 0.15) is 18.1 Å². The van der Waals surface area contributed by atoms with Gasteiger partial charge in [0, 0.05) is 5.92 Å². The molecule has 1 aromatic rings. The highest BCUT2D eigenvalue weighted by atomic mass is 35.5.